The highest BCUT2D eigenvalue weighted by atomic mass is 16.5. The summed E-state index contributed by atoms with van der Waals surface area (Å²) < 4.78 is 4.68. The first-order chi connectivity index (χ1) is 7.24. The molecule has 0 aliphatic rings. The number of hydrogen-bond acceptors (Lipinski definition) is 4. The van der Waals surface area contributed by atoms with Crippen molar-refractivity contribution in [3.63, 3.8) is 0 Å². The van der Waals surface area contributed by atoms with Crippen LogP contribution in [-0.4, -0.2) is 23.0 Å². The summed E-state index contributed by atoms with van der Waals surface area (Å²) in [5.74, 6) is -0.376. The second kappa shape index (κ2) is 3.65. The molecule has 15 heavy (non-hydrogen) atoms. The maximum Gasteiger partial charge on any atom is 0.340 e. The molecule has 0 unspecified atom stereocenters. The van der Waals surface area contributed by atoms with Gasteiger partial charge in [-0.25, -0.2) is 4.79 Å². The van der Waals surface area contributed by atoms with E-state index in [1.807, 2.05) is 6.92 Å². The van der Waals surface area contributed by atoms with Gasteiger partial charge in [-0.2, -0.15) is 0 Å². The summed E-state index contributed by atoms with van der Waals surface area (Å²) in [6, 6.07) is 1.79. The number of pyridine rings is 2. The van der Waals surface area contributed by atoms with Crippen molar-refractivity contribution in [1.29, 1.82) is 0 Å². The molecular weight excluding hydrogens is 192 g/mol. The number of carbonyl (C=O) groups is 1. The van der Waals surface area contributed by atoms with Crippen molar-refractivity contribution in [1.82, 2.24) is 9.97 Å². The van der Waals surface area contributed by atoms with Crippen molar-refractivity contribution >= 4 is 16.7 Å². The van der Waals surface area contributed by atoms with Crippen molar-refractivity contribution in [3.8, 4) is 0 Å². The van der Waals surface area contributed by atoms with Gasteiger partial charge in [0, 0.05) is 35.1 Å². The van der Waals surface area contributed by atoms with Gasteiger partial charge in [0.05, 0.1) is 12.7 Å². The molecule has 4 heteroatoms. The minimum Gasteiger partial charge on any atom is -0.465 e. The Bertz CT molecular complexity index is 523. The SMILES string of the molecule is COC(=O)c1cnc(C)c2cnccc12. The van der Waals surface area contributed by atoms with E-state index in [1.165, 1.54) is 13.3 Å². The Morgan fingerprint density at radius 2 is 2.13 bits per heavy atom. The first-order valence-corrected chi connectivity index (χ1v) is 4.51. The van der Waals surface area contributed by atoms with Gasteiger partial charge in [-0.05, 0) is 13.0 Å². The molecule has 0 N–H and O–H groups in total. The highest BCUT2D eigenvalue weighted by Crippen LogP contribution is 2.19. The molecular formula is C11H10N2O2. The molecule has 2 rings (SSSR count). The van der Waals surface area contributed by atoms with Crippen LogP contribution in [0.1, 0.15) is 16.1 Å². The molecule has 4 nitrogen and oxygen atoms in total. The van der Waals surface area contributed by atoms with Crippen LogP contribution in [0.15, 0.2) is 24.7 Å². The van der Waals surface area contributed by atoms with E-state index in [9.17, 15) is 4.79 Å². The zero-order chi connectivity index (χ0) is 10.8. The van der Waals surface area contributed by atoms with E-state index in [4.69, 9.17) is 0 Å². The Labute approximate surface area is 86.9 Å². The first-order valence-electron chi connectivity index (χ1n) is 4.51. The Kier molecular flexibility index (Phi) is 2.33. The third-order valence-electron chi connectivity index (χ3n) is 2.29. The lowest BCUT2D eigenvalue weighted by Crippen LogP contribution is -2.03. The molecule has 0 atom stereocenters. The summed E-state index contributed by atoms with van der Waals surface area (Å²) in [4.78, 5) is 19.6. The van der Waals surface area contributed by atoms with Crippen molar-refractivity contribution in [2.75, 3.05) is 7.11 Å². The van der Waals surface area contributed by atoms with Gasteiger partial charge in [0.25, 0.3) is 0 Å². The number of aryl methyl sites for hydroxylation is 1. The summed E-state index contributed by atoms with van der Waals surface area (Å²) in [5.41, 5.74) is 1.33. The molecule has 2 aromatic rings. The molecule has 0 aliphatic heterocycles. The van der Waals surface area contributed by atoms with Gasteiger partial charge in [0.1, 0.15) is 0 Å². The minimum atomic E-state index is -0.376. The number of ether oxygens (including phenoxy) is 1. The van der Waals surface area contributed by atoms with E-state index in [0.717, 1.165) is 16.5 Å². The van der Waals surface area contributed by atoms with Crippen LogP contribution in [0.2, 0.25) is 0 Å². The van der Waals surface area contributed by atoms with Crippen molar-refractivity contribution in [3.05, 3.63) is 35.9 Å². The third-order valence-corrected chi connectivity index (χ3v) is 2.29. The number of aromatic nitrogens is 2. The Balaban J connectivity index is 2.77. The highest BCUT2D eigenvalue weighted by molar-refractivity contribution is 6.04. The molecule has 0 saturated heterocycles. The quantitative estimate of drug-likeness (QED) is 0.661. The van der Waals surface area contributed by atoms with Gasteiger partial charge in [-0.15, -0.1) is 0 Å². The van der Waals surface area contributed by atoms with Crippen LogP contribution in [-0.2, 0) is 4.74 Å². The fraction of sp³-hybridized carbons (Fsp3) is 0.182. The number of nitrogens with zero attached hydrogens (tertiary/aromatic N) is 2. The first kappa shape index (κ1) is 9.58. The molecule has 0 spiro atoms. The number of esters is 1. The highest BCUT2D eigenvalue weighted by Gasteiger charge is 2.11. The standard InChI is InChI=1S/C11H10N2O2/c1-7-9-5-12-4-3-8(9)10(6-13-7)11(14)15-2/h3-6H,1-2H3. The molecule has 0 aliphatic carbocycles. The van der Waals surface area contributed by atoms with Crippen molar-refractivity contribution < 1.29 is 9.53 Å². The maximum atomic E-state index is 11.5. The molecule has 0 saturated carbocycles. The zero-order valence-corrected chi connectivity index (χ0v) is 8.52. The lowest BCUT2D eigenvalue weighted by Gasteiger charge is -2.05. The minimum absolute atomic E-state index is 0.376. The van der Waals surface area contributed by atoms with Crippen molar-refractivity contribution in [2.24, 2.45) is 0 Å². The van der Waals surface area contributed by atoms with Gasteiger partial charge in [-0.1, -0.05) is 0 Å². The van der Waals surface area contributed by atoms with Crippen LogP contribution < -0.4 is 0 Å². The molecule has 0 fully saturated rings. The Morgan fingerprint density at radius 3 is 2.87 bits per heavy atom. The van der Waals surface area contributed by atoms with Gasteiger partial charge in [0.2, 0.25) is 0 Å². The number of carbonyl (C=O) groups excluding carboxylic acids is 1. The van der Waals surface area contributed by atoms with E-state index in [2.05, 4.69) is 14.7 Å². The van der Waals surface area contributed by atoms with Gasteiger partial charge in [-0.3, -0.25) is 9.97 Å². The fourth-order valence-electron chi connectivity index (χ4n) is 1.49. The molecule has 0 radical (unpaired) electrons. The lowest BCUT2D eigenvalue weighted by atomic mass is 10.1. The molecule has 0 bridgehead atoms. The topological polar surface area (TPSA) is 52.1 Å². The van der Waals surface area contributed by atoms with E-state index in [1.54, 1.807) is 18.5 Å². The molecule has 0 amide bonds. The van der Waals surface area contributed by atoms with Gasteiger partial charge in [0.15, 0.2) is 0 Å². The van der Waals surface area contributed by atoms with E-state index in [-0.39, 0.29) is 5.97 Å². The summed E-state index contributed by atoms with van der Waals surface area (Å²) in [7, 11) is 1.36. The van der Waals surface area contributed by atoms with Crippen LogP contribution >= 0.6 is 0 Å². The number of methoxy groups -OCH3 is 1. The van der Waals surface area contributed by atoms with Crippen LogP contribution in [0, 0.1) is 6.92 Å². The average Bonchev–Trinajstić information content (AvgIpc) is 2.29. The van der Waals surface area contributed by atoms with Gasteiger partial charge >= 0.3 is 5.97 Å². The smallest absolute Gasteiger partial charge is 0.340 e. The van der Waals surface area contributed by atoms with Crippen LogP contribution in [0.5, 0.6) is 0 Å². The van der Waals surface area contributed by atoms with Gasteiger partial charge < -0.3 is 4.74 Å². The van der Waals surface area contributed by atoms with E-state index >= 15 is 0 Å². The second-order valence-electron chi connectivity index (χ2n) is 3.17. The Hall–Kier alpha value is -1.97. The van der Waals surface area contributed by atoms with Crippen LogP contribution in [0.3, 0.4) is 0 Å². The summed E-state index contributed by atoms with van der Waals surface area (Å²) in [6.07, 6.45) is 4.88. The van der Waals surface area contributed by atoms with Crippen molar-refractivity contribution in [2.45, 2.75) is 6.92 Å². The molecule has 2 heterocycles. The fourth-order valence-corrected chi connectivity index (χ4v) is 1.49. The lowest BCUT2D eigenvalue weighted by molar-refractivity contribution is 0.0602. The normalized spacial score (nSPS) is 10.3. The second-order valence-corrected chi connectivity index (χ2v) is 3.17. The monoisotopic (exact) mass is 202 g/mol. The van der Waals surface area contributed by atoms with Crippen LogP contribution in [0.4, 0.5) is 0 Å². The maximum absolute atomic E-state index is 11.5. The predicted octanol–water partition coefficient (Wildman–Crippen LogP) is 1.72. The predicted molar refractivity (Wildman–Crippen MR) is 55.6 cm³/mol. The van der Waals surface area contributed by atoms with E-state index in [0.29, 0.717) is 5.56 Å². The largest absolute Gasteiger partial charge is 0.465 e. The average molecular weight is 202 g/mol. The van der Waals surface area contributed by atoms with E-state index < -0.39 is 0 Å². The van der Waals surface area contributed by atoms with Crippen LogP contribution in [0.25, 0.3) is 10.8 Å². The third kappa shape index (κ3) is 1.54. The zero-order valence-electron chi connectivity index (χ0n) is 8.52. The molecule has 76 valence electrons. The summed E-state index contributed by atoms with van der Waals surface area (Å²) in [5, 5.41) is 1.70. The number of hydrogen-bond donors (Lipinski definition) is 0. The molecule has 0 aromatic carbocycles. The Morgan fingerprint density at radius 1 is 1.33 bits per heavy atom. The summed E-state index contributed by atoms with van der Waals surface area (Å²) in [6.45, 7) is 1.88. The summed E-state index contributed by atoms with van der Waals surface area (Å²) >= 11 is 0. The molecule has 2 aromatic heterocycles. The number of rotatable bonds is 1. The number of fused-ring (bicyclic) bond motifs is 1.